The van der Waals surface area contributed by atoms with E-state index in [0.29, 0.717) is 19.6 Å². The Morgan fingerprint density at radius 1 is 1.54 bits per heavy atom. The number of carbonyl (C=O) groups is 1. The van der Waals surface area contributed by atoms with Crippen LogP contribution in [-0.2, 0) is 11.2 Å². The topological polar surface area (TPSA) is 70.2 Å². The average Bonchev–Trinajstić information content (AvgIpc) is 3.23. The van der Waals surface area contributed by atoms with E-state index >= 15 is 0 Å². The Kier molecular flexibility index (Phi) is 5.52. The minimum Gasteiger partial charge on any atom is -0.367 e. The van der Waals surface area contributed by atoms with Gasteiger partial charge in [0.25, 0.3) is 0 Å². The first-order chi connectivity index (χ1) is 11.6. The summed E-state index contributed by atoms with van der Waals surface area (Å²) in [4.78, 5) is 14.3. The molecule has 1 aliphatic heterocycles. The number of urea groups is 1. The SMILES string of the molecule is Cc1[nH]ncc1CCCNC(=O)N1C[C@@H](C)O[C@@H](c2ccsc2)C1. The van der Waals surface area contributed by atoms with Gasteiger partial charge < -0.3 is 15.0 Å². The van der Waals surface area contributed by atoms with E-state index in [2.05, 4.69) is 27.0 Å². The van der Waals surface area contributed by atoms with Crippen molar-refractivity contribution < 1.29 is 9.53 Å². The van der Waals surface area contributed by atoms with Crippen molar-refractivity contribution in [2.45, 2.75) is 38.9 Å². The third kappa shape index (κ3) is 4.15. The molecule has 2 aromatic rings. The van der Waals surface area contributed by atoms with Crippen molar-refractivity contribution in [3.05, 3.63) is 39.8 Å². The number of hydrogen-bond acceptors (Lipinski definition) is 4. The molecule has 3 heterocycles. The second-order valence-corrected chi connectivity index (χ2v) is 7.03. The second-order valence-electron chi connectivity index (χ2n) is 6.25. The Morgan fingerprint density at radius 3 is 3.12 bits per heavy atom. The highest BCUT2D eigenvalue weighted by Crippen LogP contribution is 2.26. The normalized spacial score (nSPS) is 21.0. The lowest BCUT2D eigenvalue weighted by atomic mass is 10.1. The summed E-state index contributed by atoms with van der Waals surface area (Å²) in [5, 5.41) is 14.1. The molecular formula is C17H24N4O2S. The number of ether oxygens (including phenoxy) is 1. The van der Waals surface area contributed by atoms with Gasteiger partial charge in [0.15, 0.2) is 0 Å². The maximum Gasteiger partial charge on any atom is 0.317 e. The molecule has 2 N–H and O–H groups in total. The standard InChI is InChI=1S/C17H24N4O2S/c1-12-9-21(10-16(23-12)15-5-7-24-11-15)17(22)18-6-3-4-14-8-19-20-13(14)2/h5,7-8,11-12,16H,3-4,6,9-10H2,1-2H3,(H,18,22)(H,19,20)/t12-,16-/m1/s1. The van der Waals surface area contributed by atoms with Crippen LogP contribution in [0, 0.1) is 6.92 Å². The van der Waals surface area contributed by atoms with E-state index in [1.54, 1.807) is 11.3 Å². The predicted molar refractivity (Wildman–Crippen MR) is 94.2 cm³/mol. The van der Waals surface area contributed by atoms with Crippen LogP contribution in [0.4, 0.5) is 4.79 Å². The lowest BCUT2D eigenvalue weighted by Gasteiger charge is -2.36. The van der Waals surface area contributed by atoms with E-state index in [-0.39, 0.29) is 18.2 Å². The van der Waals surface area contributed by atoms with Crippen LogP contribution >= 0.6 is 11.3 Å². The van der Waals surface area contributed by atoms with E-state index in [0.717, 1.165) is 24.1 Å². The van der Waals surface area contributed by atoms with Gasteiger partial charge in [0, 0.05) is 18.8 Å². The molecule has 0 aromatic carbocycles. The van der Waals surface area contributed by atoms with Gasteiger partial charge in [-0.05, 0) is 54.6 Å². The molecule has 0 spiro atoms. The summed E-state index contributed by atoms with van der Waals surface area (Å²) in [5.74, 6) is 0. The summed E-state index contributed by atoms with van der Waals surface area (Å²) in [7, 11) is 0. The number of rotatable bonds is 5. The molecule has 0 aliphatic carbocycles. The summed E-state index contributed by atoms with van der Waals surface area (Å²) >= 11 is 1.65. The van der Waals surface area contributed by atoms with Crippen molar-refractivity contribution in [3.8, 4) is 0 Å². The summed E-state index contributed by atoms with van der Waals surface area (Å²) in [6.07, 6.45) is 3.69. The maximum atomic E-state index is 12.4. The van der Waals surface area contributed by atoms with Crippen molar-refractivity contribution in [2.24, 2.45) is 0 Å². The van der Waals surface area contributed by atoms with Gasteiger partial charge in [-0.1, -0.05) is 0 Å². The Balaban J connectivity index is 1.46. The molecule has 0 bridgehead atoms. The highest BCUT2D eigenvalue weighted by molar-refractivity contribution is 7.07. The number of amides is 2. The smallest absolute Gasteiger partial charge is 0.317 e. The van der Waals surface area contributed by atoms with Gasteiger partial charge in [-0.25, -0.2) is 4.79 Å². The Hall–Kier alpha value is -1.86. The van der Waals surface area contributed by atoms with Crippen molar-refractivity contribution in [3.63, 3.8) is 0 Å². The molecule has 0 unspecified atom stereocenters. The quantitative estimate of drug-likeness (QED) is 0.816. The van der Waals surface area contributed by atoms with Gasteiger partial charge in [-0.3, -0.25) is 5.10 Å². The Labute approximate surface area is 146 Å². The summed E-state index contributed by atoms with van der Waals surface area (Å²) < 4.78 is 5.97. The monoisotopic (exact) mass is 348 g/mol. The van der Waals surface area contributed by atoms with Crippen LogP contribution < -0.4 is 5.32 Å². The zero-order chi connectivity index (χ0) is 16.9. The van der Waals surface area contributed by atoms with Crippen LogP contribution in [0.5, 0.6) is 0 Å². The van der Waals surface area contributed by atoms with Gasteiger partial charge in [0.1, 0.15) is 6.10 Å². The van der Waals surface area contributed by atoms with Gasteiger partial charge in [-0.2, -0.15) is 16.4 Å². The average molecular weight is 348 g/mol. The fraction of sp³-hybridized carbons (Fsp3) is 0.529. The lowest BCUT2D eigenvalue weighted by Crippen LogP contribution is -2.50. The van der Waals surface area contributed by atoms with E-state index in [1.165, 1.54) is 5.56 Å². The molecule has 1 fully saturated rings. The summed E-state index contributed by atoms with van der Waals surface area (Å²) in [6.45, 7) is 5.93. The number of morpholine rings is 1. The number of carbonyl (C=O) groups excluding carboxylic acids is 1. The van der Waals surface area contributed by atoms with E-state index in [9.17, 15) is 4.79 Å². The zero-order valence-electron chi connectivity index (χ0n) is 14.1. The molecular weight excluding hydrogens is 324 g/mol. The van der Waals surface area contributed by atoms with Gasteiger partial charge in [0.05, 0.1) is 18.8 Å². The molecule has 0 saturated carbocycles. The van der Waals surface area contributed by atoms with Crippen LogP contribution in [-0.4, -0.2) is 46.9 Å². The number of hydrogen-bond donors (Lipinski definition) is 2. The van der Waals surface area contributed by atoms with Crippen molar-refractivity contribution in [1.82, 2.24) is 20.4 Å². The molecule has 0 radical (unpaired) electrons. The Bertz CT molecular complexity index is 655. The van der Waals surface area contributed by atoms with Gasteiger partial charge in [-0.15, -0.1) is 0 Å². The van der Waals surface area contributed by atoms with Crippen LogP contribution in [0.3, 0.4) is 0 Å². The Morgan fingerprint density at radius 2 is 2.42 bits per heavy atom. The number of aromatic nitrogens is 2. The largest absolute Gasteiger partial charge is 0.367 e. The molecule has 130 valence electrons. The molecule has 2 atom stereocenters. The number of aryl methyl sites for hydroxylation is 2. The maximum absolute atomic E-state index is 12.4. The molecule has 3 rings (SSSR count). The second kappa shape index (κ2) is 7.81. The summed E-state index contributed by atoms with van der Waals surface area (Å²) in [5.41, 5.74) is 3.46. The van der Waals surface area contributed by atoms with E-state index < -0.39 is 0 Å². The van der Waals surface area contributed by atoms with Crippen LogP contribution in [0.25, 0.3) is 0 Å². The molecule has 2 amide bonds. The van der Waals surface area contributed by atoms with Crippen LogP contribution in [0.15, 0.2) is 23.0 Å². The molecule has 6 nitrogen and oxygen atoms in total. The molecule has 1 saturated heterocycles. The molecule has 2 aromatic heterocycles. The first kappa shape index (κ1) is 17.0. The van der Waals surface area contributed by atoms with E-state index in [1.807, 2.05) is 30.3 Å². The van der Waals surface area contributed by atoms with Crippen molar-refractivity contribution in [2.75, 3.05) is 19.6 Å². The molecule has 24 heavy (non-hydrogen) atoms. The first-order valence-corrected chi connectivity index (χ1v) is 9.27. The zero-order valence-corrected chi connectivity index (χ0v) is 14.9. The molecule has 7 heteroatoms. The van der Waals surface area contributed by atoms with Gasteiger partial charge in [0.2, 0.25) is 0 Å². The number of nitrogens with one attached hydrogen (secondary N) is 2. The van der Waals surface area contributed by atoms with Crippen molar-refractivity contribution in [1.29, 1.82) is 0 Å². The van der Waals surface area contributed by atoms with Gasteiger partial charge >= 0.3 is 6.03 Å². The fourth-order valence-electron chi connectivity index (χ4n) is 2.97. The fourth-order valence-corrected chi connectivity index (χ4v) is 3.67. The first-order valence-electron chi connectivity index (χ1n) is 8.32. The third-order valence-electron chi connectivity index (χ3n) is 4.30. The highest BCUT2D eigenvalue weighted by atomic mass is 32.1. The summed E-state index contributed by atoms with van der Waals surface area (Å²) in [6, 6.07) is 2.06. The van der Waals surface area contributed by atoms with Crippen LogP contribution in [0.2, 0.25) is 0 Å². The number of H-pyrrole nitrogens is 1. The minimum absolute atomic E-state index is 0.00528. The third-order valence-corrected chi connectivity index (χ3v) is 5.00. The number of aromatic amines is 1. The van der Waals surface area contributed by atoms with Crippen molar-refractivity contribution >= 4 is 17.4 Å². The highest BCUT2D eigenvalue weighted by Gasteiger charge is 2.29. The predicted octanol–water partition coefficient (Wildman–Crippen LogP) is 2.88. The molecule has 1 aliphatic rings. The lowest BCUT2D eigenvalue weighted by molar-refractivity contribution is -0.0654. The minimum atomic E-state index is -0.0284. The van der Waals surface area contributed by atoms with E-state index in [4.69, 9.17) is 4.74 Å². The number of thiophene rings is 1. The van der Waals surface area contributed by atoms with Crippen LogP contribution in [0.1, 0.15) is 36.3 Å². The number of nitrogens with zero attached hydrogens (tertiary/aromatic N) is 2.